The maximum absolute atomic E-state index is 13.1. The highest BCUT2D eigenvalue weighted by Gasteiger charge is 2.32. The van der Waals surface area contributed by atoms with Crippen LogP contribution in [-0.4, -0.2) is 47.9 Å². The van der Waals surface area contributed by atoms with E-state index in [1.165, 1.54) is 21.8 Å². The number of amides is 1. The molecule has 190 valence electrons. The van der Waals surface area contributed by atoms with Gasteiger partial charge in [-0.05, 0) is 42.9 Å². The van der Waals surface area contributed by atoms with Crippen molar-refractivity contribution in [1.82, 2.24) is 9.47 Å². The fourth-order valence-electron chi connectivity index (χ4n) is 5.67. The average Bonchev–Trinajstić information content (AvgIpc) is 3.50. The first-order chi connectivity index (χ1) is 18.0. The highest BCUT2D eigenvalue weighted by atomic mass is 16.5. The zero-order chi connectivity index (χ0) is 25.5. The molecule has 2 aliphatic heterocycles. The lowest BCUT2D eigenvalue weighted by Gasteiger charge is -2.23. The molecule has 3 unspecified atom stereocenters. The number of rotatable bonds is 7. The fourth-order valence-corrected chi connectivity index (χ4v) is 5.67. The van der Waals surface area contributed by atoms with E-state index in [9.17, 15) is 4.79 Å². The first-order valence-electron chi connectivity index (χ1n) is 13.2. The van der Waals surface area contributed by atoms with E-state index in [-0.39, 0.29) is 11.9 Å². The number of benzene rings is 3. The average molecular weight is 496 g/mol. The van der Waals surface area contributed by atoms with Gasteiger partial charge >= 0.3 is 0 Å². The van der Waals surface area contributed by atoms with Crippen molar-refractivity contribution in [1.29, 1.82) is 0 Å². The Bertz CT molecular complexity index is 1450. The van der Waals surface area contributed by atoms with Crippen LogP contribution in [0.25, 0.3) is 21.8 Å². The van der Waals surface area contributed by atoms with Crippen LogP contribution in [0.5, 0.6) is 11.5 Å². The maximum Gasteiger partial charge on any atom is 0.256 e. The van der Waals surface area contributed by atoms with Crippen LogP contribution in [0.1, 0.15) is 37.0 Å². The molecule has 3 atom stereocenters. The van der Waals surface area contributed by atoms with Crippen LogP contribution in [0, 0.1) is 11.8 Å². The molecule has 0 aliphatic carbocycles. The molecule has 0 saturated carbocycles. The Kier molecular flexibility index (Phi) is 6.11. The van der Waals surface area contributed by atoms with Gasteiger partial charge in [0.15, 0.2) is 11.5 Å². The summed E-state index contributed by atoms with van der Waals surface area (Å²) < 4.78 is 14.4. The number of aliphatic imine (C=N–C) groups is 1. The van der Waals surface area contributed by atoms with Crippen molar-refractivity contribution >= 4 is 39.6 Å². The summed E-state index contributed by atoms with van der Waals surface area (Å²) in [5.74, 6) is 1.89. The van der Waals surface area contributed by atoms with E-state index in [1.54, 1.807) is 13.2 Å². The van der Waals surface area contributed by atoms with Gasteiger partial charge in [-0.15, -0.1) is 0 Å². The summed E-state index contributed by atoms with van der Waals surface area (Å²) in [6, 6.07) is 21.0. The van der Waals surface area contributed by atoms with Crippen LogP contribution in [0.15, 0.2) is 65.7 Å². The second kappa shape index (κ2) is 9.58. The molecule has 0 N–H and O–H groups in total. The molecule has 1 fully saturated rings. The standard InChI is InChI=1S/C31H33N3O3/c1-20(18-34-27-12-6-4-10-23(27)24-11-5-7-13-28(24)34)21(2)19-37-30-16-26-25(15-29(30)36-3)31(35)33-14-8-9-22(33)17-32-26/h4-7,10-13,15-17,20-22H,8-9,14,18-19H2,1-3H3. The van der Waals surface area contributed by atoms with Gasteiger partial charge in [-0.3, -0.25) is 9.79 Å². The van der Waals surface area contributed by atoms with Crippen LogP contribution in [0.4, 0.5) is 5.69 Å². The highest BCUT2D eigenvalue weighted by Crippen LogP contribution is 2.38. The topological polar surface area (TPSA) is 56.1 Å². The monoisotopic (exact) mass is 495 g/mol. The van der Waals surface area contributed by atoms with Crippen molar-refractivity contribution in [2.24, 2.45) is 16.8 Å². The first-order valence-corrected chi connectivity index (χ1v) is 13.2. The quantitative estimate of drug-likeness (QED) is 0.295. The summed E-state index contributed by atoms with van der Waals surface area (Å²) in [4.78, 5) is 19.7. The SMILES string of the molecule is COc1cc2c(cc1OCC(C)C(C)Cn1c3ccccc3c3ccccc31)N=CC1CCCN1C2=O. The maximum atomic E-state index is 13.1. The summed E-state index contributed by atoms with van der Waals surface area (Å²) in [5.41, 5.74) is 3.76. The van der Waals surface area contributed by atoms with E-state index in [1.807, 2.05) is 17.2 Å². The number of ether oxygens (including phenoxy) is 2. The second-order valence-electron chi connectivity index (χ2n) is 10.4. The number of carbonyl (C=O) groups is 1. The van der Waals surface area contributed by atoms with Crippen LogP contribution in [0.3, 0.4) is 0 Å². The van der Waals surface area contributed by atoms with E-state index in [0.29, 0.717) is 41.2 Å². The predicted octanol–water partition coefficient (Wildman–Crippen LogP) is 6.47. The third-order valence-electron chi connectivity index (χ3n) is 8.08. The lowest BCUT2D eigenvalue weighted by molar-refractivity contribution is 0.0774. The predicted molar refractivity (Wildman–Crippen MR) is 148 cm³/mol. The molecule has 37 heavy (non-hydrogen) atoms. The van der Waals surface area contributed by atoms with Crippen LogP contribution in [-0.2, 0) is 6.54 Å². The molecule has 1 amide bonds. The molecular weight excluding hydrogens is 462 g/mol. The summed E-state index contributed by atoms with van der Waals surface area (Å²) in [7, 11) is 1.62. The van der Waals surface area contributed by atoms with Gasteiger partial charge < -0.3 is 18.9 Å². The number of fused-ring (bicyclic) bond motifs is 5. The summed E-state index contributed by atoms with van der Waals surface area (Å²) in [6.07, 6.45) is 3.88. The Morgan fingerprint density at radius 1 is 0.973 bits per heavy atom. The van der Waals surface area contributed by atoms with Gasteiger partial charge in [-0.1, -0.05) is 50.2 Å². The Balaban J connectivity index is 1.21. The summed E-state index contributed by atoms with van der Waals surface area (Å²) in [6.45, 7) is 6.72. The number of hydrogen-bond acceptors (Lipinski definition) is 4. The molecule has 3 aromatic carbocycles. The van der Waals surface area contributed by atoms with Gasteiger partial charge in [0, 0.05) is 47.2 Å². The van der Waals surface area contributed by atoms with Crippen molar-refractivity contribution in [3.8, 4) is 11.5 Å². The van der Waals surface area contributed by atoms with Crippen LogP contribution < -0.4 is 9.47 Å². The minimum Gasteiger partial charge on any atom is -0.493 e. The fraction of sp³-hybridized carbons (Fsp3) is 0.355. The summed E-state index contributed by atoms with van der Waals surface area (Å²) >= 11 is 0. The Labute approximate surface area is 217 Å². The highest BCUT2D eigenvalue weighted by molar-refractivity contribution is 6.08. The Morgan fingerprint density at radius 3 is 2.38 bits per heavy atom. The number of hydrogen-bond donors (Lipinski definition) is 0. The van der Waals surface area contributed by atoms with Crippen molar-refractivity contribution in [3.63, 3.8) is 0 Å². The van der Waals surface area contributed by atoms with Crippen molar-refractivity contribution < 1.29 is 14.3 Å². The molecule has 1 saturated heterocycles. The molecule has 6 rings (SSSR count). The smallest absolute Gasteiger partial charge is 0.256 e. The van der Waals surface area contributed by atoms with E-state index in [4.69, 9.17) is 9.47 Å². The third kappa shape index (κ3) is 4.14. The van der Waals surface area contributed by atoms with Gasteiger partial charge in [-0.2, -0.15) is 0 Å². The number of para-hydroxylation sites is 2. The van der Waals surface area contributed by atoms with Gasteiger partial charge in [0.25, 0.3) is 5.91 Å². The normalized spacial score (nSPS) is 18.5. The van der Waals surface area contributed by atoms with Crippen molar-refractivity contribution in [3.05, 3.63) is 66.2 Å². The van der Waals surface area contributed by atoms with Gasteiger partial charge in [0.2, 0.25) is 0 Å². The lowest BCUT2D eigenvalue weighted by Crippen LogP contribution is -2.35. The molecule has 1 aromatic heterocycles. The van der Waals surface area contributed by atoms with Crippen molar-refractivity contribution in [2.45, 2.75) is 39.3 Å². The van der Waals surface area contributed by atoms with E-state index in [2.05, 4.69) is 71.9 Å². The second-order valence-corrected chi connectivity index (χ2v) is 10.4. The molecule has 3 heterocycles. The van der Waals surface area contributed by atoms with E-state index >= 15 is 0 Å². The molecule has 6 nitrogen and oxygen atoms in total. The number of nitrogens with zero attached hydrogens (tertiary/aromatic N) is 3. The first kappa shape index (κ1) is 23.6. The van der Waals surface area contributed by atoms with Crippen LogP contribution >= 0.6 is 0 Å². The lowest BCUT2D eigenvalue weighted by atomic mass is 9.96. The van der Waals surface area contributed by atoms with E-state index in [0.717, 1.165) is 25.9 Å². The van der Waals surface area contributed by atoms with E-state index < -0.39 is 0 Å². The molecule has 0 bridgehead atoms. The zero-order valence-electron chi connectivity index (χ0n) is 21.7. The number of methoxy groups -OCH3 is 1. The Morgan fingerprint density at radius 2 is 1.68 bits per heavy atom. The minimum absolute atomic E-state index is 0.0213. The van der Waals surface area contributed by atoms with Gasteiger partial charge in [0.1, 0.15) is 0 Å². The molecular formula is C31H33N3O3. The summed E-state index contributed by atoms with van der Waals surface area (Å²) in [5, 5.41) is 2.58. The zero-order valence-corrected chi connectivity index (χ0v) is 21.7. The van der Waals surface area contributed by atoms with Crippen molar-refractivity contribution in [2.75, 3.05) is 20.3 Å². The number of aromatic nitrogens is 1. The molecule has 4 aromatic rings. The molecule has 2 aliphatic rings. The molecule has 0 radical (unpaired) electrons. The van der Waals surface area contributed by atoms with Gasteiger partial charge in [0.05, 0.1) is 31.0 Å². The third-order valence-corrected chi connectivity index (χ3v) is 8.08. The van der Waals surface area contributed by atoms with Crippen LogP contribution in [0.2, 0.25) is 0 Å². The largest absolute Gasteiger partial charge is 0.493 e. The Hall–Kier alpha value is -3.80. The number of carbonyl (C=O) groups excluding carboxylic acids is 1. The minimum atomic E-state index is 0.0213. The molecule has 0 spiro atoms. The van der Waals surface area contributed by atoms with Gasteiger partial charge in [-0.25, -0.2) is 0 Å². The molecule has 6 heteroatoms.